The number of nitrogens with zero attached hydrogens (tertiary/aromatic N) is 2. The van der Waals surface area contributed by atoms with Crippen LogP contribution in [-0.4, -0.2) is 35.8 Å². The molecule has 4 aromatic rings. The molecule has 0 aliphatic rings. The van der Waals surface area contributed by atoms with Gasteiger partial charge in [0.25, 0.3) is 0 Å². The van der Waals surface area contributed by atoms with E-state index >= 15 is 0 Å². The highest BCUT2D eigenvalue weighted by Gasteiger charge is 2.12. The average molecular weight is 501 g/mol. The number of carbonyl (C=O) groups is 1. The van der Waals surface area contributed by atoms with E-state index in [4.69, 9.17) is 18.9 Å². The second kappa shape index (κ2) is 13.0. The van der Waals surface area contributed by atoms with Crippen molar-refractivity contribution in [2.75, 3.05) is 20.3 Å². The van der Waals surface area contributed by atoms with E-state index in [0.717, 1.165) is 22.4 Å². The van der Waals surface area contributed by atoms with Gasteiger partial charge in [-0.15, -0.1) is 0 Å². The molecule has 8 nitrogen and oxygen atoms in total. The van der Waals surface area contributed by atoms with Gasteiger partial charge in [-0.05, 0) is 35.4 Å². The van der Waals surface area contributed by atoms with Crippen LogP contribution in [0.25, 0.3) is 0 Å². The lowest BCUT2D eigenvalue weighted by Crippen LogP contribution is -2.26. The molecule has 3 aromatic carbocycles. The first-order valence-corrected chi connectivity index (χ1v) is 11.8. The van der Waals surface area contributed by atoms with Gasteiger partial charge in [0.2, 0.25) is 5.88 Å². The first-order valence-electron chi connectivity index (χ1n) is 11.8. The number of carbonyl (C=O) groups excluding carboxylic acids is 1. The maximum atomic E-state index is 12.4. The number of benzene rings is 3. The van der Waals surface area contributed by atoms with Gasteiger partial charge in [0.15, 0.2) is 0 Å². The van der Waals surface area contributed by atoms with Crippen LogP contribution in [0.1, 0.15) is 27.0 Å². The number of hydrogen-bond donors (Lipinski definition) is 0. The molecule has 0 unspecified atom stereocenters. The molecule has 0 saturated heterocycles. The fourth-order valence-electron chi connectivity index (χ4n) is 3.63. The zero-order chi connectivity index (χ0) is 25.9. The second-order valence-corrected chi connectivity index (χ2v) is 8.17. The van der Waals surface area contributed by atoms with Crippen LogP contribution in [0, 0.1) is 0 Å². The van der Waals surface area contributed by atoms with Crippen LogP contribution in [0.3, 0.4) is 0 Å². The van der Waals surface area contributed by atoms with Crippen LogP contribution in [-0.2, 0) is 29.2 Å². The summed E-state index contributed by atoms with van der Waals surface area (Å²) < 4.78 is 23.4. The van der Waals surface area contributed by atoms with Crippen molar-refractivity contribution in [2.24, 2.45) is 0 Å². The van der Waals surface area contributed by atoms with Crippen LogP contribution in [0.15, 0.2) is 95.9 Å². The zero-order valence-electron chi connectivity index (χ0n) is 20.5. The van der Waals surface area contributed by atoms with Gasteiger partial charge in [0.05, 0.1) is 19.3 Å². The van der Waals surface area contributed by atoms with Crippen molar-refractivity contribution in [3.63, 3.8) is 0 Å². The topological polar surface area (TPSA) is 88.9 Å². The summed E-state index contributed by atoms with van der Waals surface area (Å²) in [5.41, 5.74) is 2.76. The van der Waals surface area contributed by atoms with E-state index in [2.05, 4.69) is 4.98 Å². The Hall–Kier alpha value is -4.43. The lowest BCUT2D eigenvalue weighted by Gasteiger charge is -2.13. The van der Waals surface area contributed by atoms with E-state index in [1.165, 1.54) is 11.7 Å². The molecule has 0 aliphatic carbocycles. The smallest absolute Gasteiger partial charge is 0.352 e. The first-order chi connectivity index (χ1) is 18.1. The summed E-state index contributed by atoms with van der Waals surface area (Å²) in [6.07, 6.45) is 2.15. The summed E-state index contributed by atoms with van der Waals surface area (Å²) in [6, 6.07) is 26.4. The molecule has 0 atom stereocenters. The van der Waals surface area contributed by atoms with Gasteiger partial charge in [0, 0.05) is 18.2 Å². The van der Waals surface area contributed by atoms with Crippen LogP contribution < -0.4 is 15.2 Å². The van der Waals surface area contributed by atoms with Gasteiger partial charge in [0.1, 0.15) is 25.7 Å². The Morgan fingerprint density at radius 1 is 0.892 bits per heavy atom. The molecule has 4 rings (SSSR count). The SMILES string of the molecule is COc1nc(=O)n(COCCOC(=O)c2ccccc2)cc1Cc1cccc(OCc2ccccc2)c1. The average Bonchev–Trinajstić information content (AvgIpc) is 2.94. The lowest BCUT2D eigenvalue weighted by molar-refractivity contribution is 0.0162. The Balaban J connectivity index is 1.34. The number of aromatic nitrogens is 2. The predicted molar refractivity (Wildman–Crippen MR) is 138 cm³/mol. The molecular weight excluding hydrogens is 472 g/mol. The van der Waals surface area contributed by atoms with Crippen LogP contribution in [0.2, 0.25) is 0 Å². The molecule has 0 amide bonds. The summed E-state index contributed by atoms with van der Waals surface area (Å²) in [7, 11) is 1.48. The molecular formula is C29H28N2O6. The summed E-state index contributed by atoms with van der Waals surface area (Å²) in [5, 5.41) is 0. The molecule has 1 heterocycles. The van der Waals surface area contributed by atoms with Gasteiger partial charge in [-0.2, -0.15) is 4.98 Å². The molecule has 0 saturated carbocycles. The van der Waals surface area contributed by atoms with Crippen LogP contribution in [0.5, 0.6) is 11.6 Å². The Kier molecular flexibility index (Phi) is 9.04. The summed E-state index contributed by atoms with van der Waals surface area (Å²) in [6.45, 7) is 0.631. The van der Waals surface area contributed by atoms with Crippen molar-refractivity contribution in [3.8, 4) is 11.6 Å². The van der Waals surface area contributed by atoms with Crippen molar-refractivity contribution in [1.29, 1.82) is 0 Å². The van der Waals surface area contributed by atoms with Gasteiger partial charge >= 0.3 is 11.7 Å². The Morgan fingerprint density at radius 3 is 2.38 bits per heavy atom. The maximum absolute atomic E-state index is 12.4. The molecule has 0 fully saturated rings. The molecule has 0 spiro atoms. The minimum Gasteiger partial charge on any atom is -0.489 e. The van der Waals surface area contributed by atoms with E-state index in [1.54, 1.807) is 30.5 Å². The van der Waals surface area contributed by atoms with E-state index in [1.807, 2.05) is 60.7 Å². The monoisotopic (exact) mass is 500 g/mol. The quantitative estimate of drug-likeness (QED) is 0.212. The highest BCUT2D eigenvalue weighted by molar-refractivity contribution is 5.89. The molecule has 0 aliphatic heterocycles. The fourth-order valence-corrected chi connectivity index (χ4v) is 3.63. The number of hydrogen-bond acceptors (Lipinski definition) is 7. The second-order valence-electron chi connectivity index (χ2n) is 8.17. The van der Waals surface area contributed by atoms with E-state index in [0.29, 0.717) is 18.6 Å². The minimum atomic E-state index is -0.498. The third kappa shape index (κ3) is 7.52. The van der Waals surface area contributed by atoms with Crippen molar-refractivity contribution in [2.45, 2.75) is 19.8 Å². The minimum absolute atomic E-state index is 0.0358. The summed E-state index contributed by atoms with van der Waals surface area (Å²) in [4.78, 5) is 28.5. The third-order valence-electron chi connectivity index (χ3n) is 5.46. The molecule has 0 bridgehead atoms. The van der Waals surface area contributed by atoms with Gasteiger partial charge < -0.3 is 18.9 Å². The maximum Gasteiger partial charge on any atom is 0.352 e. The molecule has 190 valence electrons. The van der Waals surface area contributed by atoms with Crippen molar-refractivity contribution in [1.82, 2.24) is 9.55 Å². The van der Waals surface area contributed by atoms with Crippen molar-refractivity contribution >= 4 is 5.97 Å². The molecule has 37 heavy (non-hydrogen) atoms. The summed E-state index contributed by atoms with van der Waals surface area (Å²) >= 11 is 0. The Morgan fingerprint density at radius 2 is 1.62 bits per heavy atom. The fraction of sp³-hybridized carbons (Fsp3) is 0.207. The van der Waals surface area contributed by atoms with Gasteiger partial charge in [-0.3, -0.25) is 4.57 Å². The number of esters is 1. The zero-order valence-corrected chi connectivity index (χ0v) is 20.5. The normalized spacial score (nSPS) is 10.6. The van der Waals surface area contributed by atoms with Crippen LogP contribution in [0.4, 0.5) is 0 Å². The summed E-state index contributed by atoms with van der Waals surface area (Å²) in [5.74, 6) is 0.577. The number of methoxy groups -OCH3 is 1. The highest BCUT2D eigenvalue weighted by Crippen LogP contribution is 2.21. The van der Waals surface area contributed by atoms with E-state index < -0.39 is 11.7 Å². The van der Waals surface area contributed by atoms with Crippen molar-refractivity contribution in [3.05, 3.63) is 124 Å². The first kappa shape index (κ1) is 25.7. The molecule has 1 aromatic heterocycles. The number of ether oxygens (including phenoxy) is 4. The van der Waals surface area contributed by atoms with Crippen molar-refractivity contribution < 1.29 is 23.7 Å². The standard InChI is InChI=1S/C29H28N2O6/c1-34-27-25(17-23-11-8-14-26(18-23)37-20-22-9-4-2-5-10-22)19-31(29(33)30-27)21-35-15-16-36-28(32)24-12-6-3-7-13-24/h2-14,18-19H,15-17,20-21H2,1H3. The van der Waals surface area contributed by atoms with Gasteiger partial charge in [-0.1, -0.05) is 60.7 Å². The lowest BCUT2D eigenvalue weighted by atomic mass is 10.1. The largest absolute Gasteiger partial charge is 0.489 e. The van der Waals surface area contributed by atoms with E-state index in [-0.39, 0.29) is 25.8 Å². The molecule has 8 heteroatoms. The Bertz CT molecular complexity index is 1360. The predicted octanol–water partition coefficient (Wildman–Crippen LogP) is 4.25. The third-order valence-corrected chi connectivity index (χ3v) is 5.46. The van der Waals surface area contributed by atoms with Gasteiger partial charge in [-0.25, -0.2) is 9.59 Å². The van der Waals surface area contributed by atoms with E-state index in [9.17, 15) is 9.59 Å². The molecule has 0 N–H and O–H groups in total. The highest BCUT2D eigenvalue weighted by atomic mass is 16.6. The van der Waals surface area contributed by atoms with Crippen LogP contribution >= 0.6 is 0 Å². The Labute approximate surface area is 215 Å². The molecule has 0 radical (unpaired) electrons. The number of rotatable bonds is 12.